The van der Waals surface area contributed by atoms with Crippen molar-refractivity contribution in [1.82, 2.24) is 0 Å². The molecule has 1 aliphatic rings. The van der Waals surface area contributed by atoms with E-state index in [4.69, 9.17) is 16.3 Å². The molecule has 0 N–H and O–H groups in total. The second-order valence-corrected chi connectivity index (χ2v) is 3.70. The predicted molar refractivity (Wildman–Crippen MR) is 59.8 cm³/mol. The van der Waals surface area contributed by atoms with Crippen LogP contribution in [0.4, 0.5) is 0 Å². The summed E-state index contributed by atoms with van der Waals surface area (Å²) in [4.78, 5) is 23.6. The van der Waals surface area contributed by atoms with Crippen LogP contribution >= 0.6 is 11.6 Å². The number of ether oxygens (including phenoxy) is 1. The number of halogens is 1. The Morgan fingerprint density at radius 2 is 2.06 bits per heavy atom. The number of rotatable bonds is 2. The first-order valence-corrected chi connectivity index (χ1v) is 5.25. The molecule has 3 nitrogen and oxygen atoms in total. The van der Waals surface area contributed by atoms with Crippen LogP contribution in [0.3, 0.4) is 0 Å². The molecule has 0 aliphatic heterocycles. The van der Waals surface area contributed by atoms with Gasteiger partial charge >= 0.3 is 0 Å². The Morgan fingerprint density at radius 3 is 2.75 bits per heavy atom. The first kappa shape index (κ1) is 10.9. The lowest BCUT2D eigenvalue weighted by Gasteiger charge is -2.15. The summed E-state index contributed by atoms with van der Waals surface area (Å²) in [5.41, 5.74) is 0.570. The molecular weight excluding hydrogens is 228 g/mol. The molecule has 0 saturated heterocycles. The van der Waals surface area contributed by atoms with Crippen molar-refractivity contribution in [2.75, 3.05) is 6.61 Å². The molecule has 4 heteroatoms. The van der Waals surface area contributed by atoms with Crippen LogP contribution in [0.1, 0.15) is 27.6 Å². The van der Waals surface area contributed by atoms with E-state index in [2.05, 4.69) is 0 Å². The maximum Gasteiger partial charge on any atom is 0.229 e. The fourth-order valence-corrected chi connectivity index (χ4v) is 1.87. The third-order valence-corrected chi connectivity index (χ3v) is 2.61. The van der Waals surface area contributed by atoms with Crippen molar-refractivity contribution in [3.8, 4) is 0 Å². The average Bonchev–Trinajstić information content (AvgIpc) is 2.25. The van der Waals surface area contributed by atoms with Crippen molar-refractivity contribution < 1.29 is 14.3 Å². The third-order valence-electron chi connectivity index (χ3n) is 2.29. The zero-order valence-corrected chi connectivity index (χ0v) is 9.38. The van der Waals surface area contributed by atoms with E-state index >= 15 is 0 Å². The van der Waals surface area contributed by atoms with Gasteiger partial charge in [-0.3, -0.25) is 9.59 Å². The lowest BCUT2D eigenvalue weighted by molar-refractivity contribution is 0.0892. The zero-order chi connectivity index (χ0) is 11.7. The number of benzene rings is 1. The van der Waals surface area contributed by atoms with E-state index < -0.39 is 0 Å². The fraction of sp³-hybridized carbons (Fsp3) is 0.167. The molecule has 0 unspecified atom stereocenters. The fourth-order valence-electron chi connectivity index (χ4n) is 1.61. The monoisotopic (exact) mass is 236 g/mol. The molecule has 0 atom stereocenters. The van der Waals surface area contributed by atoms with E-state index in [1.54, 1.807) is 25.1 Å². The van der Waals surface area contributed by atoms with E-state index in [0.29, 0.717) is 12.2 Å². The Labute approximate surface area is 97.7 Å². The number of carbonyl (C=O) groups excluding carboxylic acids is 2. The lowest BCUT2D eigenvalue weighted by Crippen LogP contribution is -2.19. The second kappa shape index (κ2) is 4.10. The van der Waals surface area contributed by atoms with Crippen molar-refractivity contribution in [3.63, 3.8) is 0 Å². The maximum absolute atomic E-state index is 11.9. The quantitative estimate of drug-likeness (QED) is 0.793. The standard InChI is InChI=1S/C12H9ClO3/c1-2-16-10-6-9(14)7-4-3-5-8(13)11(7)12(10)15/h3-6H,2H2,1H3. The molecule has 0 spiro atoms. The molecule has 0 saturated carbocycles. The molecule has 1 aliphatic carbocycles. The van der Waals surface area contributed by atoms with Crippen LogP contribution in [0.15, 0.2) is 30.0 Å². The van der Waals surface area contributed by atoms with Gasteiger partial charge in [-0.2, -0.15) is 0 Å². The lowest BCUT2D eigenvalue weighted by atomic mass is 9.93. The van der Waals surface area contributed by atoms with Crippen molar-refractivity contribution in [2.24, 2.45) is 0 Å². The summed E-state index contributed by atoms with van der Waals surface area (Å²) in [6, 6.07) is 4.81. The minimum atomic E-state index is -0.331. The average molecular weight is 237 g/mol. The summed E-state index contributed by atoms with van der Waals surface area (Å²) in [6.07, 6.45) is 1.21. The first-order valence-electron chi connectivity index (χ1n) is 4.87. The molecular formula is C12H9ClO3. The van der Waals surface area contributed by atoms with Crippen LogP contribution in [-0.2, 0) is 4.74 Å². The molecule has 0 fully saturated rings. The van der Waals surface area contributed by atoms with Crippen LogP contribution in [0.5, 0.6) is 0 Å². The number of fused-ring (bicyclic) bond motifs is 1. The summed E-state index contributed by atoms with van der Waals surface area (Å²) in [5.74, 6) is -0.518. The Kier molecular flexibility index (Phi) is 2.79. The minimum Gasteiger partial charge on any atom is -0.490 e. The number of Topliss-reactive ketones (excluding diaryl/α,β-unsaturated/α-hetero) is 1. The van der Waals surface area contributed by atoms with Gasteiger partial charge in [-0.05, 0) is 13.0 Å². The van der Waals surface area contributed by atoms with Gasteiger partial charge in [0.2, 0.25) is 5.78 Å². The molecule has 0 aromatic heterocycles. The highest BCUT2D eigenvalue weighted by atomic mass is 35.5. The van der Waals surface area contributed by atoms with Gasteiger partial charge in [-0.15, -0.1) is 0 Å². The molecule has 0 radical (unpaired) electrons. The molecule has 16 heavy (non-hydrogen) atoms. The van der Waals surface area contributed by atoms with Gasteiger partial charge in [0.15, 0.2) is 11.5 Å². The smallest absolute Gasteiger partial charge is 0.229 e. The number of hydrogen-bond donors (Lipinski definition) is 0. The van der Waals surface area contributed by atoms with Gasteiger partial charge in [0.25, 0.3) is 0 Å². The summed E-state index contributed by atoms with van der Waals surface area (Å²) >= 11 is 5.91. The maximum atomic E-state index is 11.9. The van der Waals surface area contributed by atoms with E-state index in [1.807, 2.05) is 0 Å². The van der Waals surface area contributed by atoms with Gasteiger partial charge in [0.05, 0.1) is 17.2 Å². The summed E-state index contributed by atoms with van der Waals surface area (Å²) in [7, 11) is 0. The predicted octanol–water partition coefficient (Wildman–Crippen LogP) is 2.64. The highest BCUT2D eigenvalue weighted by Crippen LogP contribution is 2.27. The van der Waals surface area contributed by atoms with E-state index in [-0.39, 0.29) is 27.9 Å². The molecule has 2 rings (SSSR count). The molecule has 1 aromatic carbocycles. The largest absolute Gasteiger partial charge is 0.490 e. The van der Waals surface area contributed by atoms with Crippen molar-refractivity contribution in [3.05, 3.63) is 46.2 Å². The molecule has 0 heterocycles. The van der Waals surface area contributed by atoms with Gasteiger partial charge in [0.1, 0.15) is 0 Å². The van der Waals surface area contributed by atoms with Gasteiger partial charge in [-0.25, -0.2) is 0 Å². The number of hydrogen-bond acceptors (Lipinski definition) is 3. The minimum absolute atomic E-state index is 0.0631. The highest BCUT2D eigenvalue weighted by molar-refractivity contribution is 6.37. The van der Waals surface area contributed by atoms with E-state index in [0.717, 1.165) is 0 Å². The third kappa shape index (κ3) is 1.63. The van der Waals surface area contributed by atoms with Crippen molar-refractivity contribution >= 4 is 23.2 Å². The Morgan fingerprint density at radius 1 is 1.31 bits per heavy atom. The normalized spacial score (nSPS) is 14.5. The summed E-state index contributed by atoms with van der Waals surface area (Å²) in [6.45, 7) is 2.09. The Hall–Kier alpha value is -1.61. The van der Waals surface area contributed by atoms with E-state index in [1.165, 1.54) is 6.08 Å². The molecule has 0 bridgehead atoms. The molecule has 1 aromatic rings. The van der Waals surface area contributed by atoms with Crippen LogP contribution in [0.2, 0.25) is 5.02 Å². The summed E-state index contributed by atoms with van der Waals surface area (Å²) in [5, 5.41) is 0.279. The van der Waals surface area contributed by atoms with Gasteiger partial charge < -0.3 is 4.74 Å². The number of ketones is 2. The van der Waals surface area contributed by atoms with Crippen molar-refractivity contribution in [2.45, 2.75) is 6.92 Å². The highest BCUT2D eigenvalue weighted by Gasteiger charge is 2.28. The van der Waals surface area contributed by atoms with Gasteiger partial charge in [0, 0.05) is 11.6 Å². The molecule has 82 valence electrons. The SMILES string of the molecule is CCOC1=CC(=O)c2cccc(Cl)c2C1=O. The summed E-state index contributed by atoms with van der Waals surface area (Å²) < 4.78 is 5.11. The molecule has 0 amide bonds. The van der Waals surface area contributed by atoms with Crippen LogP contribution < -0.4 is 0 Å². The van der Waals surface area contributed by atoms with Crippen molar-refractivity contribution in [1.29, 1.82) is 0 Å². The first-order chi connectivity index (χ1) is 7.65. The number of allylic oxidation sites excluding steroid dienone is 2. The topological polar surface area (TPSA) is 43.4 Å². The second-order valence-electron chi connectivity index (χ2n) is 3.30. The number of carbonyl (C=O) groups is 2. The Balaban J connectivity index is 2.57. The van der Waals surface area contributed by atoms with Crippen LogP contribution in [-0.4, -0.2) is 18.2 Å². The van der Waals surface area contributed by atoms with Gasteiger partial charge in [-0.1, -0.05) is 23.7 Å². The zero-order valence-electron chi connectivity index (χ0n) is 8.62. The van der Waals surface area contributed by atoms with Crippen LogP contribution in [0.25, 0.3) is 0 Å². The van der Waals surface area contributed by atoms with E-state index in [9.17, 15) is 9.59 Å². The Bertz CT molecular complexity index is 503. The van der Waals surface area contributed by atoms with Crippen LogP contribution in [0, 0.1) is 0 Å².